The number of aryl methyl sites for hydroxylation is 2. The lowest BCUT2D eigenvalue weighted by Crippen LogP contribution is -2.36. The van der Waals surface area contributed by atoms with Crippen LogP contribution in [0.4, 0.5) is 11.4 Å². The summed E-state index contributed by atoms with van der Waals surface area (Å²) in [4.78, 5) is 45.2. The van der Waals surface area contributed by atoms with Crippen LogP contribution in [-0.4, -0.2) is 82.1 Å². The lowest BCUT2D eigenvalue weighted by atomic mass is 9.96. The second-order valence-electron chi connectivity index (χ2n) is 10.7. The number of aliphatic hydroxyl groups is 3. The standard InChI is InChI=1S/C34H34N4O7S/c1-21-15-16-45-30(21)33(43)36-24-6-4-5-23(17-24)9-13-27-31(46)28(18-35-32(27)42)34(44)38(3)25-11-7-22(8-12-25)10-14-29(41)37(2)19-26(40)20-39/h4-8,11-12,15-18,26-27,39-40H,10,14,19-20H2,1-3H3,(H,35,42)(H,36,43). The molecule has 0 saturated carbocycles. The number of furan rings is 1. The van der Waals surface area contributed by atoms with Crippen LogP contribution in [0.25, 0.3) is 0 Å². The zero-order valence-electron chi connectivity index (χ0n) is 25.6. The Balaban J connectivity index is 1.39. The highest BCUT2D eigenvalue weighted by Gasteiger charge is 2.31. The predicted molar refractivity (Wildman–Crippen MR) is 178 cm³/mol. The third-order valence-electron chi connectivity index (χ3n) is 7.27. The second kappa shape index (κ2) is 15.3. The van der Waals surface area contributed by atoms with Crippen LogP contribution in [-0.2, 0) is 16.0 Å². The van der Waals surface area contributed by atoms with Crippen molar-refractivity contribution in [1.29, 1.82) is 0 Å². The van der Waals surface area contributed by atoms with Gasteiger partial charge in [-0.05, 0) is 55.3 Å². The first-order valence-electron chi connectivity index (χ1n) is 14.4. The third-order valence-corrected chi connectivity index (χ3v) is 7.72. The first kappa shape index (κ1) is 33.8. The van der Waals surface area contributed by atoms with E-state index in [-0.39, 0.29) is 41.0 Å². The Labute approximate surface area is 271 Å². The molecular weight excluding hydrogens is 608 g/mol. The van der Waals surface area contributed by atoms with Crippen molar-refractivity contribution < 1.29 is 34.1 Å². The van der Waals surface area contributed by atoms with Crippen LogP contribution in [0, 0.1) is 24.7 Å². The van der Waals surface area contributed by atoms with Crippen LogP contribution in [0.15, 0.2) is 82.0 Å². The van der Waals surface area contributed by atoms with E-state index in [1.54, 1.807) is 63.5 Å². The molecule has 0 saturated heterocycles. The molecule has 3 amide bonds. The van der Waals surface area contributed by atoms with Gasteiger partial charge in [-0.3, -0.25) is 14.4 Å². The fourth-order valence-corrected chi connectivity index (χ4v) is 4.86. The van der Waals surface area contributed by atoms with Gasteiger partial charge in [0.1, 0.15) is 5.92 Å². The summed E-state index contributed by atoms with van der Waals surface area (Å²) in [5.74, 6) is 3.74. The van der Waals surface area contributed by atoms with E-state index in [0.717, 1.165) is 5.56 Å². The van der Waals surface area contributed by atoms with Crippen LogP contribution >= 0.6 is 12.2 Å². The Morgan fingerprint density at radius 1 is 1.13 bits per heavy atom. The molecule has 0 radical (unpaired) electrons. The molecule has 0 aliphatic carbocycles. The Bertz CT molecular complexity index is 1750. The summed E-state index contributed by atoms with van der Waals surface area (Å²) in [6.45, 7) is 1.40. The first-order valence-corrected chi connectivity index (χ1v) is 14.8. The van der Waals surface area contributed by atoms with Crippen molar-refractivity contribution in [2.45, 2.75) is 25.9 Å². The van der Waals surface area contributed by atoms with Crippen LogP contribution in [0.1, 0.15) is 33.7 Å². The predicted octanol–water partition coefficient (Wildman–Crippen LogP) is 3.44. The van der Waals surface area contributed by atoms with Gasteiger partial charge in [0.25, 0.3) is 11.8 Å². The number of likely N-dealkylation sites (N-methyl/N-ethyl adjacent to an activating group) is 2. The van der Waals surface area contributed by atoms with Crippen LogP contribution in [0.3, 0.4) is 0 Å². The number of aliphatic hydroxyl groups excluding tert-OH is 3. The molecule has 2 heterocycles. The van der Waals surface area contributed by atoms with E-state index >= 15 is 0 Å². The summed E-state index contributed by atoms with van der Waals surface area (Å²) < 4.78 is 5.24. The van der Waals surface area contributed by atoms with Gasteiger partial charge < -0.3 is 34.9 Å². The van der Waals surface area contributed by atoms with Crippen LogP contribution in [0.5, 0.6) is 0 Å². The van der Waals surface area contributed by atoms with Crippen molar-refractivity contribution >= 4 is 52.1 Å². The van der Waals surface area contributed by atoms with Crippen LogP contribution < -0.4 is 10.2 Å². The number of aliphatic imine (C=N–C) groups is 1. The molecule has 12 heteroatoms. The molecule has 2 unspecified atom stereocenters. The number of hydrogen-bond acceptors (Lipinski definition) is 8. The van der Waals surface area contributed by atoms with E-state index < -0.39 is 30.4 Å². The number of rotatable bonds is 10. The Morgan fingerprint density at radius 2 is 1.87 bits per heavy atom. The van der Waals surface area contributed by atoms with E-state index in [2.05, 4.69) is 22.2 Å². The maximum atomic E-state index is 13.4. The zero-order valence-corrected chi connectivity index (χ0v) is 26.4. The van der Waals surface area contributed by atoms with Crippen molar-refractivity contribution in [3.63, 3.8) is 0 Å². The molecule has 0 bridgehead atoms. The van der Waals surface area contributed by atoms with Gasteiger partial charge in [0.15, 0.2) is 5.76 Å². The average Bonchev–Trinajstić information content (AvgIpc) is 3.49. The van der Waals surface area contributed by atoms with E-state index in [4.69, 9.17) is 21.7 Å². The van der Waals surface area contributed by atoms with Gasteiger partial charge in [0.2, 0.25) is 11.8 Å². The first-order chi connectivity index (χ1) is 22.0. The summed E-state index contributed by atoms with van der Waals surface area (Å²) in [5.41, 5.74) is 3.33. The Kier molecular flexibility index (Phi) is 11.2. The fourth-order valence-electron chi connectivity index (χ4n) is 4.56. The zero-order chi connectivity index (χ0) is 33.4. The molecule has 4 N–H and O–H groups in total. The smallest absolute Gasteiger partial charge is 0.291 e. The van der Waals surface area contributed by atoms with Crippen molar-refractivity contribution in [2.75, 3.05) is 37.5 Å². The summed E-state index contributed by atoms with van der Waals surface area (Å²) >= 11 is 5.57. The van der Waals surface area contributed by atoms with Crippen molar-refractivity contribution in [3.8, 4) is 11.8 Å². The number of hydrogen-bond donors (Lipinski definition) is 4. The molecule has 2 aromatic carbocycles. The number of anilines is 2. The highest BCUT2D eigenvalue weighted by atomic mass is 32.1. The molecule has 11 nitrogen and oxygen atoms in total. The molecule has 0 fully saturated rings. The molecule has 4 rings (SSSR count). The molecule has 238 valence electrons. The second-order valence-corrected chi connectivity index (χ2v) is 11.1. The maximum absolute atomic E-state index is 13.4. The summed E-state index contributed by atoms with van der Waals surface area (Å²) in [6.07, 6.45) is 2.36. The number of nitrogens with zero attached hydrogens (tertiary/aromatic N) is 3. The SMILES string of the molecule is Cc1ccoc1C(=O)Nc1cccc(C#CC2C(=S)C(C(=O)N(C)c3ccc(CCC(=O)N(C)CC(O)CO)cc3)=CN=C2O)c1. The third kappa shape index (κ3) is 8.33. The fraction of sp³-hybridized carbons (Fsp3) is 0.265. The maximum Gasteiger partial charge on any atom is 0.291 e. The number of amides is 3. The van der Waals surface area contributed by atoms with Gasteiger partial charge in [0.05, 0.1) is 29.4 Å². The molecular formula is C34H34N4O7S. The minimum Gasteiger partial charge on any atom is -0.495 e. The number of carbonyl (C=O) groups is 3. The lowest BCUT2D eigenvalue weighted by molar-refractivity contribution is -0.131. The van der Waals surface area contributed by atoms with Crippen molar-refractivity contribution in [3.05, 3.63) is 95.1 Å². The van der Waals surface area contributed by atoms with Gasteiger partial charge in [0, 0.05) is 55.8 Å². The van der Waals surface area contributed by atoms with E-state index in [1.807, 2.05) is 12.1 Å². The number of benzene rings is 2. The summed E-state index contributed by atoms with van der Waals surface area (Å²) in [7, 11) is 3.16. The summed E-state index contributed by atoms with van der Waals surface area (Å²) in [5, 5.41) is 31.7. The molecule has 3 aromatic rings. The normalized spacial score (nSPS) is 14.7. The molecule has 2 atom stereocenters. The van der Waals surface area contributed by atoms with E-state index in [1.165, 1.54) is 22.3 Å². The number of nitrogens with one attached hydrogen (secondary N) is 1. The van der Waals surface area contributed by atoms with Gasteiger partial charge >= 0.3 is 0 Å². The number of thiocarbonyl (C=S) groups is 1. The molecule has 0 spiro atoms. The summed E-state index contributed by atoms with van der Waals surface area (Å²) in [6, 6.07) is 15.6. The molecule has 1 aliphatic rings. The average molecular weight is 643 g/mol. The highest BCUT2D eigenvalue weighted by molar-refractivity contribution is 7.81. The Morgan fingerprint density at radius 3 is 2.54 bits per heavy atom. The molecule has 46 heavy (non-hydrogen) atoms. The van der Waals surface area contributed by atoms with Gasteiger partial charge in [-0.1, -0.05) is 42.3 Å². The minimum absolute atomic E-state index is 0.0485. The molecule has 1 aliphatic heterocycles. The van der Waals surface area contributed by atoms with E-state index in [0.29, 0.717) is 28.9 Å². The van der Waals surface area contributed by atoms with Gasteiger partial charge in [-0.25, -0.2) is 4.99 Å². The quantitative estimate of drug-likeness (QED) is 0.194. The van der Waals surface area contributed by atoms with E-state index in [9.17, 15) is 24.6 Å². The monoisotopic (exact) mass is 642 g/mol. The minimum atomic E-state index is -0.993. The topological polar surface area (TPSA) is 156 Å². The lowest BCUT2D eigenvalue weighted by Gasteiger charge is -2.23. The van der Waals surface area contributed by atoms with Crippen LogP contribution in [0.2, 0.25) is 0 Å². The largest absolute Gasteiger partial charge is 0.495 e. The highest BCUT2D eigenvalue weighted by Crippen LogP contribution is 2.23. The van der Waals surface area contributed by atoms with Gasteiger partial charge in [-0.2, -0.15) is 0 Å². The molecule has 1 aromatic heterocycles. The van der Waals surface area contributed by atoms with Gasteiger partial charge in [-0.15, -0.1) is 0 Å². The number of carbonyl (C=O) groups excluding carboxylic acids is 3. The Hall–Kier alpha value is -5.09. The van der Waals surface area contributed by atoms with Crippen molar-refractivity contribution in [1.82, 2.24) is 4.90 Å². The van der Waals surface area contributed by atoms with Crippen molar-refractivity contribution in [2.24, 2.45) is 10.9 Å².